The van der Waals surface area contributed by atoms with Gasteiger partial charge in [-0.3, -0.25) is 4.79 Å². The van der Waals surface area contributed by atoms with E-state index in [0.29, 0.717) is 0 Å². The summed E-state index contributed by atoms with van der Waals surface area (Å²) >= 11 is 0. The van der Waals surface area contributed by atoms with Crippen LogP contribution in [0.15, 0.2) is 24.3 Å². The summed E-state index contributed by atoms with van der Waals surface area (Å²) in [6.07, 6.45) is 43.0. The maximum absolute atomic E-state index is 11.2. The van der Waals surface area contributed by atoms with E-state index in [1.165, 1.54) is 135 Å². The molecule has 1 heteroatoms. The van der Waals surface area contributed by atoms with Crippen molar-refractivity contribution in [2.24, 2.45) is 5.92 Å². The molecule has 0 aromatic carbocycles. The first kappa shape index (κ1) is 32.1. The molecule has 0 aromatic heterocycles. The van der Waals surface area contributed by atoms with Crippen molar-refractivity contribution in [1.82, 2.24) is 0 Å². The summed E-state index contributed by atoms with van der Waals surface area (Å²) in [6, 6.07) is 0. The summed E-state index contributed by atoms with van der Waals surface area (Å²) in [5.41, 5.74) is 0. The Balaban J connectivity index is 3.41. The van der Waals surface area contributed by atoms with Gasteiger partial charge in [0.2, 0.25) is 6.29 Å². The second kappa shape index (κ2) is 29.2. The minimum atomic E-state index is 0.0188. The van der Waals surface area contributed by atoms with Crippen molar-refractivity contribution >= 4 is 6.29 Å². The normalized spacial score (nSPS) is 12.8. The van der Waals surface area contributed by atoms with Gasteiger partial charge in [0.25, 0.3) is 0 Å². The number of hydrogen-bond acceptors (Lipinski definition) is 1. The lowest BCUT2D eigenvalue weighted by atomic mass is 10.00. The van der Waals surface area contributed by atoms with Gasteiger partial charge in [0.05, 0.1) is 0 Å². The van der Waals surface area contributed by atoms with E-state index in [0.717, 1.165) is 19.3 Å². The van der Waals surface area contributed by atoms with Crippen LogP contribution in [0, 0.1) is 5.92 Å². The molecule has 0 fully saturated rings. The largest absolute Gasteiger partial charge is 0.290 e. The Hall–Kier alpha value is -0.850. The third-order valence-electron chi connectivity index (χ3n) is 6.77. The third kappa shape index (κ3) is 27.3. The summed E-state index contributed by atoms with van der Waals surface area (Å²) in [7, 11) is 0. The molecule has 0 amide bonds. The van der Waals surface area contributed by atoms with Crippen LogP contribution in [-0.2, 0) is 4.79 Å². The van der Waals surface area contributed by atoms with E-state index in [4.69, 9.17) is 0 Å². The van der Waals surface area contributed by atoms with Crippen LogP contribution in [0.3, 0.4) is 0 Å². The highest BCUT2D eigenvalue weighted by atomic mass is 16.1. The first-order valence-electron chi connectivity index (χ1n) is 15.0. The van der Waals surface area contributed by atoms with Gasteiger partial charge in [0.15, 0.2) is 0 Å². The van der Waals surface area contributed by atoms with Crippen molar-refractivity contribution in [3.05, 3.63) is 24.3 Å². The molecule has 1 nitrogen and oxygen atoms in total. The molecule has 0 saturated heterocycles. The molecule has 1 atom stereocenters. The highest BCUT2D eigenvalue weighted by Gasteiger charge is 2.03. The zero-order chi connectivity index (χ0) is 24.1. The van der Waals surface area contributed by atoms with Gasteiger partial charge in [0, 0.05) is 5.92 Å². The average molecular weight is 460 g/mol. The smallest absolute Gasteiger partial charge is 0.205 e. The molecule has 0 aliphatic carbocycles. The quantitative estimate of drug-likeness (QED) is 0.0881. The van der Waals surface area contributed by atoms with Crippen LogP contribution in [-0.4, -0.2) is 6.29 Å². The zero-order valence-corrected chi connectivity index (χ0v) is 22.8. The molecule has 0 saturated carbocycles. The average Bonchev–Trinajstić information content (AvgIpc) is 2.83. The van der Waals surface area contributed by atoms with Crippen molar-refractivity contribution in [3.8, 4) is 0 Å². The molecule has 0 spiro atoms. The summed E-state index contributed by atoms with van der Waals surface area (Å²) in [5.74, 6) is 0.0188. The lowest BCUT2D eigenvalue weighted by Crippen LogP contribution is -1.97. The van der Waals surface area contributed by atoms with Crippen LogP contribution >= 0.6 is 0 Å². The second-order valence-corrected chi connectivity index (χ2v) is 10.1. The number of unbranched alkanes of at least 4 members (excludes halogenated alkanes) is 20. The van der Waals surface area contributed by atoms with Gasteiger partial charge in [-0.25, -0.2) is 0 Å². The van der Waals surface area contributed by atoms with Crippen molar-refractivity contribution in [2.75, 3.05) is 0 Å². The van der Waals surface area contributed by atoms with Gasteiger partial charge in [-0.15, -0.1) is 0 Å². The van der Waals surface area contributed by atoms with Crippen LogP contribution in [0.1, 0.15) is 168 Å². The predicted molar refractivity (Wildman–Crippen MR) is 150 cm³/mol. The number of hydrogen-bond donors (Lipinski definition) is 0. The second-order valence-electron chi connectivity index (χ2n) is 10.1. The molecular weight excluding hydrogens is 400 g/mol. The minimum Gasteiger partial charge on any atom is -0.290 e. The molecule has 0 aliphatic rings. The van der Waals surface area contributed by atoms with Crippen LogP contribution in [0.25, 0.3) is 0 Å². The molecule has 0 N–H and O–H groups in total. The topological polar surface area (TPSA) is 17.1 Å². The van der Waals surface area contributed by atoms with Gasteiger partial charge >= 0.3 is 0 Å². The summed E-state index contributed by atoms with van der Waals surface area (Å²) in [6.45, 7) is 4.55. The molecule has 193 valence electrons. The van der Waals surface area contributed by atoms with E-state index in [9.17, 15) is 4.79 Å². The molecule has 1 radical (unpaired) electrons. The lowest BCUT2D eigenvalue weighted by Gasteiger charge is -2.04. The first-order valence-corrected chi connectivity index (χ1v) is 15.0. The summed E-state index contributed by atoms with van der Waals surface area (Å²) < 4.78 is 0. The maximum Gasteiger partial charge on any atom is 0.205 e. The van der Waals surface area contributed by atoms with Crippen LogP contribution in [0.5, 0.6) is 0 Å². The Morgan fingerprint density at radius 2 is 0.848 bits per heavy atom. The first-order chi connectivity index (χ1) is 16.3. The van der Waals surface area contributed by atoms with Gasteiger partial charge in [0.1, 0.15) is 0 Å². The molecule has 0 heterocycles. The van der Waals surface area contributed by atoms with Crippen LogP contribution in [0.2, 0.25) is 0 Å². The van der Waals surface area contributed by atoms with Crippen molar-refractivity contribution in [1.29, 1.82) is 0 Å². The predicted octanol–water partition coefficient (Wildman–Crippen LogP) is 11.2. The number of carbonyl (C=O) groups excluding carboxylic acids is 1. The van der Waals surface area contributed by atoms with Crippen molar-refractivity contribution < 1.29 is 4.79 Å². The van der Waals surface area contributed by atoms with Crippen LogP contribution in [0.4, 0.5) is 0 Å². The van der Waals surface area contributed by atoms with Crippen molar-refractivity contribution in [3.63, 3.8) is 0 Å². The molecule has 1 unspecified atom stereocenters. The van der Waals surface area contributed by atoms with E-state index in [2.05, 4.69) is 44.4 Å². The Bertz CT molecular complexity index is 422. The Kier molecular flexibility index (Phi) is 28.4. The molecular formula is C32H59O. The molecule has 0 aliphatic heterocycles. The minimum absolute atomic E-state index is 0.0188. The third-order valence-corrected chi connectivity index (χ3v) is 6.77. The molecule has 0 rings (SSSR count). The highest BCUT2D eigenvalue weighted by molar-refractivity contribution is 5.57. The van der Waals surface area contributed by atoms with Gasteiger partial charge in [-0.1, -0.05) is 147 Å². The highest BCUT2D eigenvalue weighted by Crippen LogP contribution is 2.15. The molecule has 0 aromatic rings. The standard InChI is InChI=1S/C32H59O/c1-3-5-7-9-11-13-15-17-18-20-22-24-26-28-30-32(31-33)29-27-25-23-21-19-16-14-12-10-8-6-4-2/h14,16,28,30,32H,3-13,15,17-27,29H2,1-2H3/b16-14-,30-28?. The van der Waals surface area contributed by atoms with E-state index >= 15 is 0 Å². The van der Waals surface area contributed by atoms with E-state index in [1.807, 2.05) is 0 Å². The van der Waals surface area contributed by atoms with E-state index < -0.39 is 0 Å². The SMILES string of the molecule is CCCCCC/C=C\CCCCCCC([C]=O)C=CCCCCCCCCCCCCCC. The fourth-order valence-corrected chi connectivity index (χ4v) is 4.46. The summed E-state index contributed by atoms with van der Waals surface area (Å²) in [4.78, 5) is 11.2. The Morgan fingerprint density at radius 3 is 1.30 bits per heavy atom. The van der Waals surface area contributed by atoms with E-state index in [-0.39, 0.29) is 5.92 Å². The van der Waals surface area contributed by atoms with Crippen molar-refractivity contribution in [2.45, 2.75) is 168 Å². The fourth-order valence-electron chi connectivity index (χ4n) is 4.46. The maximum atomic E-state index is 11.2. The van der Waals surface area contributed by atoms with Gasteiger partial charge in [-0.05, 0) is 44.9 Å². The van der Waals surface area contributed by atoms with E-state index in [1.54, 1.807) is 0 Å². The Labute approximate surface area is 209 Å². The van der Waals surface area contributed by atoms with Crippen LogP contribution < -0.4 is 0 Å². The summed E-state index contributed by atoms with van der Waals surface area (Å²) in [5, 5.41) is 0. The van der Waals surface area contributed by atoms with Gasteiger partial charge in [-0.2, -0.15) is 0 Å². The number of allylic oxidation sites excluding steroid dienone is 4. The zero-order valence-electron chi connectivity index (χ0n) is 22.8. The number of rotatable bonds is 27. The molecule has 33 heavy (non-hydrogen) atoms. The fraction of sp³-hybridized carbons (Fsp3) is 0.844. The Morgan fingerprint density at radius 1 is 0.485 bits per heavy atom. The molecule has 0 bridgehead atoms. The monoisotopic (exact) mass is 459 g/mol. The lowest BCUT2D eigenvalue weighted by molar-refractivity contribution is 0.518. The van der Waals surface area contributed by atoms with Gasteiger partial charge < -0.3 is 0 Å².